The maximum Gasteiger partial charge on any atom is 0.261 e. The van der Waals surface area contributed by atoms with Crippen molar-refractivity contribution < 1.29 is 8.42 Å². The zero-order valence-corrected chi connectivity index (χ0v) is 13.5. The number of benzene rings is 2. The van der Waals surface area contributed by atoms with Gasteiger partial charge in [0.05, 0.1) is 10.6 Å². The van der Waals surface area contributed by atoms with Crippen LogP contribution in [0, 0.1) is 6.92 Å². The molecule has 0 aliphatic carbocycles. The SMILES string of the molecule is CNc1ccc(S(=O)(=O)Nc2cc(Br)ccc2C)cc1. The largest absolute Gasteiger partial charge is 0.388 e. The molecule has 0 fully saturated rings. The van der Waals surface area contributed by atoms with Crippen LogP contribution >= 0.6 is 15.9 Å². The zero-order chi connectivity index (χ0) is 14.8. The number of halogens is 1. The van der Waals surface area contributed by atoms with Gasteiger partial charge in [0.2, 0.25) is 0 Å². The molecule has 0 saturated carbocycles. The van der Waals surface area contributed by atoms with Crippen molar-refractivity contribution in [1.82, 2.24) is 0 Å². The van der Waals surface area contributed by atoms with Crippen LogP contribution in [-0.2, 0) is 10.0 Å². The smallest absolute Gasteiger partial charge is 0.261 e. The van der Waals surface area contributed by atoms with E-state index < -0.39 is 10.0 Å². The lowest BCUT2D eigenvalue weighted by atomic mass is 10.2. The van der Waals surface area contributed by atoms with E-state index in [9.17, 15) is 8.42 Å². The van der Waals surface area contributed by atoms with Gasteiger partial charge in [-0.2, -0.15) is 0 Å². The Kier molecular flexibility index (Phi) is 4.35. The van der Waals surface area contributed by atoms with Crippen molar-refractivity contribution in [2.45, 2.75) is 11.8 Å². The molecule has 6 heteroatoms. The minimum absolute atomic E-state index is 0.232. The summed E-state index contributed by atoms with van der Waals surface area (Å²) in [4.78, 5) is 0.232. The van der Waals surface area contributed by atoms with Gasteiger partial charge in [-0.15, -0.1) is 0 Å². The molecular formula is C14H15BrN2O2S. The Bertz CT molecular complexity index is 712. The Morgan fingerprint density at radius 3 is 2.30 bits per heavy atom. The number of aryl methyl sites for hydroxylation is 1. The van der Waals surface area contributed by atoms with Crippen molar-refractivity contribution in [2.75, 3.05) is 17.1 Å². The molecule has 2 rings (SSSR count). The fraction of sp³-hybridized carbons (Fsp3) is 0.143. The van der Waals surface area contributed by atoms with Gasteiger partial charge in [0.1, 0.15) is 0 Å². The average molecular weight is 355 g/mol. The maximum absolute atomic E-state index is 12.3. The molecule has 20 heavy (non-hydrogen) atoms. The van der Waals surface area contributed by atoms with Crippen molar-refractivity contribution in [2.24, 2.45) is 0 Å². The zero-order valence-electron chi connectivity index (χ0n) is 11.1. The first kappa shape index (κ1) is 14.9. The third kappa shape index (κ3) is 3.32. The van der Waals surface area contributed by atoms with E-state index in [-0.39, 0.29) is 4.90 Å². The molecule has 2 aromatic carbocycles. The third-order valence-corrected chi connectivity index (χ3v) is 4.77. The summed E-state index contributed by atoms with van der Waals surface area (Å²) in [5, 5.41) is 2.95. The van der Waals surface area contributed by atoms with Gasteiger partial charge in [0.15, 0.2) is 0 Å². The fourth-order valence-corrected chi connectivity index (χ4v) is 3.19. The summed E-state index contributed by atoms with van der Waals surface area (Å²) in [6, 6.07) is 12.1. The van der Waals surface area contributed by atoms with Crippen molar-refractivity contribution in [3.63, 3.8) is 0 Å². The lowest BCUT2D eigenvalue weighted by molar-refractivity contribution is 0.601. The second kappa shape index (κ2) is 5.85. The molecule has 0 atom stereocenters. The molecule has 0 amide bonds. The summed E-state index contributed by atoms with van der Waals surface area (Å²) in [7, 11) is -1.79. The molecule has 0 heterocycles. The van der Waals surface area contributed by atoms with Crippen LogP contribution in [0.3, 0.4) is 0 Å². The van der Waals surface area contributed by atoms with Gasteiger partial charge < -0.3 is 5.32 Å². The first-order valence-corrected chi connectivity index (χ1v) is 8.27. The molecule has 2 aromatic rings. The van der Waals surface area contributed by atoms with E-state index in [0.29, 0.717) is 5.69 Å². The van der Waals surface area contributed by atoms with E-state index in [1.165, 1.54) is 0 Å². The Morgan fingerprint density at radius 2 is 1.70 bits per heavy atom. The summed E-state index contributed by atoms with van der Waals surface area (Å²) in [6.07, 6.45) is 0. The normalized spacial score (nSPS) is 11.2. The summed E-state index contributed by atoms with van der Waals surface area (Å²) >= 11 is 3.34. The molecule has 0 spiro atoms. The van der Waals surface area contributed by atoms with Gasteiger partial charge in [-0.25, -0.2) is 8.42 Å². The fourth-order valence-electron chi connectivity index (χ4n) is 1.71. The van der Waals surface area contributed by atoms with E-state index in [2.05, 4.69) is 26.0 Å². The summed E-state index contributed by atoms with van der Waals surface area (Å²) in [6.45, 7) is 1.86. The van der Waals surface area contributed by atoms with Crippen LogP contribution < -0.4 is 10.0 Å². The monoisotopic (exact) mass is 354 g/mol. The second-order valence-electron chi connectivity index (χ2n) is 4.34. The third-order valence-electron chi connectivity index (χ3n) is 2.90. The number of anilines is 2. The van der Waals surface area contributed by atoms with Crippen molar-refractivity contribution >= 4 is 37.3 Å². The highest BCUT2D eigenvalue weighted by atomic mass is 79.9. The predicted octanol–water partition coefficient (Wildman–Crippen LogP) is 3.60. The van der Waals surface area contributed by atoms with Gasteiger partial charge in [0.25, 0.3) is 10.0 Å². The Labute approximate surface area is 127 Å². The van der Waals surface area contributed by atoms with E-state index in [0.717, 1.165) is 15.7 Å². The van der Waals surface area contributed by atoms with Crippen LogP contribution in [0.15, 0.2) is 51.8 Å². The summed E-state index contributed by atoms with van der Waals surface area (Å²) < 4.78 is 28.1. The Morgan fingerprint density at radius 1 is 1.05 bits per heavy atom. The second-order valence-corrected chi connectivity index (χ2v) is 6.94. The Balaban J connectivity index is 2.32. The first-order valence-electron chi connectivity index (χ1n) is 5.99. The van der Waals surface area contributed by atoms with Gasteiger partial charge >= 0.3 is 0 Å². The molecule has 0 saturated heterocycles. The molecular weight excluding hydrogens is 340 g/mol. The predicted molar refractivity (Wildman–Crippen MR) is 85.7 cm³/mol. The number of nitrogens with one attached hydrogen (secondary N) is 2. The molecule has 4 nitrogen and oxygen atoms in total. The number of hydrogen-bond acceptors (Lipinski definition) is 3. The Hall–Kier alpha value is -1.53. The lowest BCUT2D eigenvalue weighted by Crippen LogP contribution is -2.13. The van der Waals surface area contributed by atoms with Gasteiger partial charge in [-0.3, -0.25) is 4.72 Å². The lowest BCUT2D eigenvalue weighted by Gasteiger charge is -2.11. The standard InChI is InChI=1S/C14H15BrN2O2S/c1-10-3-4-11(15)9-14(10)17-20(18,19)13-7-5-12(16-2)6-8-13/h3-9,16-17H,1-2H3. The first-order chi connectivity index (χ1) is 9.42. The molecule has 0 bridgehead atoms. The quantitative estimate of drug-likeness (QED) is 0.881. The van der Waals surface area contributed by atoms with Crippen LogP contribution in [-0.4, -0.2) is 15.5 Å². The highest BCUT2D eigenvalue weighted by molar-refractivity contribution is 9.10. The number of sulfonamides is 1. The number of hydrogen-bond donors (Lipinski definition) is 2. The summed E-state index contributed by atoms with van der Waals surface area (Å²) in [5.41, 5.74) is 2.29. The van der Waals surface area contributed by atoms with Crippen LogP contribution in [0.5, 0.6) is 0 Å². The van der Waals surface area contributed by atoms with Gasteiger partial charge in [-0.05, 0) is 48.9 Å². The van der Waals surface area contributed by atoms with Crippen LogP contribution in [0.1, 0.15) is 5.56 Å². The van der Waals surface area contributed by atoms with Crippen LogP contribution in [0.4, 0.5) is 11.4 Å². The molecule has 0 radical (unpaired) electrons. The van der Waals surface area contributed by atoms with E-state index in [4.69, 9.17) is 0 Å². The highest BCUT2D eigenvalue weighted by Crippen LogP contribution is 2.24. The highest BCUT2D eigenvalue weighted by Gasteiger charge is 2.15. The van der Waals surface area contributed by atoms with Crippen molar-refractivity contribution in [1.29, 1.82) is 0 Å². The molecule has 2 N–H and O–H groups in total. The topological polar surface area (TPSA) is 58.2 Å². The molecule has 106 valence electrons. The summed E-state index contributed by atoms with van der Waals surface area (Å²) in [5.74, 6) is 0. The maximum atomic E-state index is 12.3. The minimum Gasteiger partial charge on any atom is -0.388 e. The van der Waals surface area contributed by atoms with Crippen molar-refractivity contribution in [3.05, 3.63) is 52.5 Å². The average Bonchev–Trinajstić information content (AvgIpc) is 2.43. The van der Waals surface area contributed by atoms with Crippen LogP contribution in [0.2, 0.25) is 0 Å². The molecule has 0 aromatic heterocycles. The van der Waals surface area contributed by atoms with E-state index in [1.54, 1.807) is 37.4 Å². The molecule has 0 unspecified atom stereocenters. The van der Waals surface area contributed by atoms with Gasteiger partial charge in [0, 0.05) is 17.2 Å². The number of rotatable bonds is 4. The van der Waals surface area contributed by atoms with E-state index in [1.807, 2.05) is 19.1 Å². The minimum atomic E-state index is -3.58. The van der Waals surface area contributed by atoms with E-state index >= 15 is 0 Å². The molecule has 0 aliphatic rings. The van der Waals surface area contributed by atoms with Crippen molar-refractivity contribution in [3.8, 4) is 0 Å². The molecule has 0 aliphatic heterocycles. The van der Waals surface area contributed by atoms with Gasteiger partial charge in [-0.1, -0.05) is 22.0 Å². The van der Waals surface area contributed by atoms with Crippen LogP contribution in [0.25, 0.3) is 0 Å².